The second-order valence-electron chi connectivity index (χ2n) is 2.62. The molecule has 0 aromatic heterocycles. The molecule has 84 valence electrons. The zero-order valence-electron chi connectivity index (χ0n) is 8.12. The first-order valence-electron chi connectivity index (χ1n) is 3.96. The first-order chi connectivity index (χ1) is 6.72. The van der Waals surface area contributed by atoms with Gasteiger partial charge in [-0.15, -0.1) is 24.0 Å². The second kappa shape index (κ2) is 6.50. The molecule has 0 spiro atoms. The number of benzene rings is 1. The third kappa shape index (κ3) is 3.27. The van der Waals surface area contributed by atoms with Crippen LogP contribution in [0.3, 0.4) is 0 Å². The van der Waals surface area contributed by atoms with Crippen molar-refractivity contribution in [3.05, 3.63) is 23.8 Å². The Bertz CT molecular complexity index is 345. The number of nitrogen functional groups attached to an aromatic ring is 1. The molecule has 6 heteroatoms. The normalized spacial score (nSPS) is 9.00. The van der Waals surface area contributed by atoms with Crippen molar-refractivity contribution in [3.8, 4) is 5.75 Å². The minimum Gasteiger partial charge on any atom is -0.496 e. The number of rotatable bonds is 4. The maximum Gasteiger partial charge on any atom is 0.181 e. The first-order valence-corrected chi connectivity index (χ1v) is 4.50. The van der Waals surface area contributed by atoms with Gasteiger partial charge in [-0.1, -0.05) is 0 Å². The van der Waals surface area contributed by atoms with E-state index in [9.17, 15) is 4.79 Å². The Morgan fingerprint density at radius 1 is 1.60 bits per heavy atom. The van der Waals surface area contributed by atoms with Crippen molar-refractivity contribution >= 4 is 35.5 Å². The molecule has 0 heterocycles. The van der Waals surface area contributed by atoms with Gasteiger partial charge in [0.2, 0.25) is 0 Å². The molecule has 0 unspecified atom stereocenters. The number of ketones is 1. The van der Waals surface area contributed by atoms with Crippen LogP contribution in [0.5, 0.6) is 5.75 Å². The predicted molar refractivity (Wildman–Crippen MR) is 63.1 cm³/mol. The van der Waals surface area contributed by atoms with Gasteiger partial charge in [-0.25, -0.2) is 0 Å². The molecule has 0 radical (unpaired) electrons. The van der Waals surface area contributed by atoms with Gasteiger partial charge >= 0.3 is 0 Å². The van der Waals surface area contributed by atoms with Crippen molar-refractivity contribution in [2.45, 2.75) is 0 Å². The van der Waals surface area contributed by atoms with Crippen LogP contribution in [-0.2, 0) is 0 Å². The summed E-state index contributed by atoms with van der Waals surface area (Å²) in [6, 6.07) is 4.97. The molecule has 0 saturated heterocycles. The van der Waals surface area contributed by atoms with Gasteiger partial charge in [0.15, 0.2) is 5.78 Å². The van der Waals surface area contributed by atoms with E-state index in [0.29, 0.717) is 17.0 Å². The summed E-state index contributed by atoms with van der Waals surface area (Å²) in [5.41, 5.74) is 3.51. The Morgan fingerprint density at radius 2 is 2.27 bits per heavy atom. The molecule has 4 nitrogen and oxygen atoms in total. The number of methoxy groups -OCH3 is 1. The number of hydrogen-bond donors (Lipinski definition) is 2. The number of anilines is 1. The lowest BCUT2D eigenvalue weighted by Crippen LogP contribution is -2.09. The Kier molecular flexibility index (Phi) is 6.08. The molecule has 0 aliphatic carbocycles. The molecule has 0 atom stereocenters. The van der Waals surface area contributed by atoms with Crippen LogP contribution in [-0.4, -0.2) is 18.8 Å². The minimum absolute atomic E-state index is 0. The zero-order chi connectivity index (χ0) is 10.6. The molecule has 0 aliphatic rings. The minimum atomic E-state index is -0.194. The molecule has 0 saturated carbocycles. The number of halogens is 2. The van der Waals surface area contributed by atoms with Crippen LogP contribution in [0.15, 0.2) is 18.2 Å². The first kappa shape index (κ1) is 14.0. The van der Waals surface area contributed by atoms with Crippen molar-refractivity contribution in [2.75, 3.05) is 18.4 Å². The average Bonchev–Trinajstić information content (AvgIpc) is 2.27. The summed E-state index contributed by atoms with van der Waals surface area (Å²) >= 11 is 5.45. The molecule has 3 N–H and O–H groups in total. The number of hydrogen-bond acceptors (Lipinski definition) is 4. The number of hydrazine groups is 1. The van der Waals surface area contributed by atoms with Crippen molar-refractivity contribution in [1.82, 2.24) is 0 Å². The van der Waals surface area contributed by atoms with Gasteiger partial charge in [0.25, 0.3) is 0 Å². The third-order valence-electron chi connectivity index (χ3n) is 1.79. The zero-order valence-corrected chi connectivity index (χ0v) is 9.69. The lowest BCUT2D eigenvalue weighted by Gasteiger charge is -2.08. The highest BCUT2D eigenvalue weighted by atomic mass is 35.5. The quantitative estimate of drug-likeness (QED) is 0.371. The van der Waals surface area contributed by atoms with Gasteiger partial charge in [0.1, 0.15) is 5.75 Å². The number of nitrogens with one attached hydrogen (secondary N) is 1. The summed E-state index contributed by atoms with van der Waals surface area (Å²) in [5, 5.41) is 0. The molecular weight excluding hydrogens is 239 g/mol. The maximum atomic E-state index is 11.4. The molecule has 0 amide bonds. The van der Waals surface area contributed by atoms with Gasteiger partial charge in [-0.05, 0) is 18.2 Å². The van der Waals surface area contributed by atoms with E-state index >= 15 is 0 Å². The van der Waals surface area contributed by atoms with E-state index in [1.165, 1.54) is 7.11 Å². The smallest absolute Gasteiger partial charge is 0.181 e. The van der Waals surface area contributed by atoms with Crippen LogP contribution < -0.4 is 16.0 Å². The van der Waals surface area contributed by atoms with Crippen molar-refractivity contribution < 1.29 is 9.53 Å². The van der Waals surface area contributed by atoms with Crippen LogP contribution in [0.2, 0.25) is 0 Å². The van der Waals surface area contributed by atoms with Crippen LogP contribution in [0.25, 0.3) is 0 Å². The molecule has 0 fully saturated rings. The summed E-state index contributed by atoms with van der Waals surface area (Å²) in [4.78, 5) is 11.4. The van der Waals surface area contributed by atoms with E-state index in [-0.39, 0.29) is 24.1 Å². The van der Waals surface area contributed by atoms with Gasteiger partial charge < -0.3 is 10.2 Å². The number of alkyl halides is 1. The lowest BCUT2D eigenvalue weighted by atomic mass is 10.1. The summed E-state index contributed by atoms with van der Waals surface area (Å²) in [6.07, 6.45) is 0. The van der Waals surface area contributed by atoms with Crippen molar-refractivity contribution in [3.63, 3.8) is 0 Å². The maximum absolute atomic E-state index is 11.4. The van der Waals surface area contributed by atoms with E-state index in [1.807, 2.05) is 0 Å². The van der Waals surface area contributed by atoms with Gasteiger partial charge in [0, 0.05) is 5.69 Å². The number of carbonyl (C=O) groups excluding carboxylic acids is 1. The Balaban J connectivity index is 0.00000196. The second-order valence-corrected chi connectivity index (χ2v) is 2.88. The molecule has 0 bridgehead atoms. The molecule has 1 aromatic carbocycles. The van der Waals surface area contributed by atoms with Crippen LogP contribution in [0, 0.1) is 0 Å². The van der Waals surface area contributed by atoms with Crippen molar-refractivity contribution in [2.24, 2.45) is 5.84 Å². The summed E-state index contributed by atoms with van der Waals surface area (Å²) in [7, 11) is 1.50. The van der Waals surface area contributed by atoms with Gasteiger partial charge in [-0.2, -0.15) is 0 Å². The number of ether oxygens (including phenoxy) is 1. The lowest BCUT2D eigenvalue weighted by molar-refractivity contribution is 0.101. The molecule has 1 aromatic rings. The Labute approximate surface area is 99.1 Å². The summed E-state index contributed by atoms with van der Waals surface area (Å²) < 4.78 is 5.02. The largest absolute Gasteiger partial charge is 0.496 e. The third-order valence-corrected chi connectivity index (χ3v) is 2.03. The number of Topliss-reactive ketones (excluding diaryl/α,β-unsaturated/α-hetero) is 1. The fourth-order valence-electron chi connectivity index (χ4n) is 1.09. The Morgan fingerprint density at radius 3 is 2.73 bits per heavy atom. The topological polar surface area (TPSA) is 64.3 Å². The fourth-order valence-corrected chi connectivity index (χ4v) is 1.23. The van der Waals surface area contributed by atoms with E-state index in [2.05, 4.69) is 5.43 Å². The van der Waals surface area contributed by atoms with E-state index in [0.717, 1.165) is 0 Å². The molecule has 1 rings (SSSR count). The van der Waals surface area contributed by atoms with Crippen molar-refractivity contribution in [1.29, 1.82) is 0 Å². The van der Waals surface area contributed by atoms with Crippen LogP contribution in [0.1, 0.15) is 10.4 Å². The molecule has 0 aliphatic heterocycles. The summed E-state index contributed by atoms with van der Waals surface area (Å²) in [5.74, 6) is 5.44. The average molecular weight is 251 g/mol. The standard InChI is InChI=1S/C9H11ClN2O2.ClH/c1-14-9-3-2-6(12-11)4-7(9)8(13)5-10;/h2-4,12H,5,11H2,1H3;1H. The molecular formula is C9H12Cl2N2O2. The monoisotopic (exact) mass is 250 g/mol. The van der Waals surface area contributed by atoms with E-state index < -0.39 is 0 Å². The van der Waals surface area contributed by atoms with Crippen LogP contribution >= 0.6 is 24.0 Å². The predicted octanol–water partition coefficient (Wildman–Crippen LogP) is 1.82. The highest BCUT2D eigenvalue weighted by Crippen LogP contribution is 2.22. The Hall–Kier alpha value is -0.970. The summed E-state index contributed by atoms with van der Waals surface area (Å²) in [6.45, 7) is 0. The van der Waals surface area contributed by atoms with E-state index in [1.54, 1.807) is 18.2 Å². The SMILES string of the molecule is COc1ccc(NN)cc1C(=O)CCl.Cl. The van der Waals surface area contributed by atoms with E-state index in [4.69, 9.17) is 22.2 Å². The highest BCUT2D eigenvalue weighted by molar-refractivity contribution is 6.30. The van der Waals surface area contributed by atoms with Gasteiger partial charge in [-0.3, -0.25) is 10.6 Å². The van der Waals surface area contributed by atoms with Gasteiger partial charge in [0.05, 0.1) is 18.6 Å². The highest BCUT2D eigenvalue weighted by Gasteiger charge is 2.11. The fraction of sp³-hybridized carbons (Fsp3) is 0.222. The molecule has 15 heavy (non-hydrogen) atoms. The number of nitrogens with two attached hydrogens (primary N) is 1. The van der Waals surface area contributed by atoms with Crippen LogP contribution in [0.4, 0.5) is 5.69 Å². The number of carbonyl (C=O) groups is 1.